The molecule has 0 aliphatic heterocycles. The first-order chi connectivity index (χ1) is 5.72. The van der Waals surface area contributed by atoms with Crippen molar-refractivity contribution in [1.29, 1.82) is 5.26 Å². The number of allylic oxidation sites excluding steroid dienone is 1. The Morgan fingerprint density at radius 1 is 1.50 bits per heavy atom. The first-order valence-corrected chi connectivity index (χ1v) is 3.87. The summed E-state index contributed by atoms with van der Waals surface area (Å²) in [5.41, 5.74) is 3.05. The zero-order valence-corrected chi connectivity index (χ0v) is 7.33. The smallest absolute Gasteiger partial charge is 0.0944 e. The molecule has 1 nitrogen and oxygen atoms in total. The van der Waals surface area contributed by atoms with Crippen molar-refractivity contribution in [2.45, 2.75) is 13.8 Å². The molecule has 0 heterocycles. The molecule has 1 rings (SSSR count). The highest BCUT2D eigenvalue weighted by molar-refractivity contribution is 5.56. The number of nitriles is 1. The SMILES string of the molecule is C/C(C#N)=C\c1cccc(C)c1. The second-order valence-corrected chi connectivity index (χ2v) is 2.85. The minimum absolute atomic E-state index is 0.737. The van der Waals surface area contributed by atoms with Gasteiger partial charge in [-0.2, -0.15) is 5.26 Å². The molecule has 0 aliphatic rings. The van der Waals surface area contributed by atoms with Crippen LogP contribution in [0, 0.1) is 18.3 Å². The van der Waals surface area contributed by atoms with Crippen molar-refractivity contribution in [3.8, 4) is 6.07 Å². The molecule has 0 spiro atoms. The van der Waals surface area contributed by atoms with Crippen molar-refractivity contribution in [3.63, 3.8) is 0 Å². The van der Waals surface area contributed by atoms with Gasteiger partial charge in [0, 0.05) is 5.57 Å². The van der Waals surface area contributed by atoms with E-state index >= 15 is 0 Å². The quantitative estimate of drug-likeness (QED) is 0.575. The van der Waals surface area contributed by atoms with E-state index in [-0.39, 0.29) is 0 Å². The lowest BCUT2D eigenvalue weighted by Crippen LogP contribution is -1.76. The van der Waals surface area contributed by atoms with E-state index in [1.807, 2.05) is 38.1 Å². The fraction of sp³-hybridized carbons (Fsp3) is 0.182. The maximum absolute atomic E-state index is 8.55. The van der Waals surface area contributed by atoms with E-state index in [1.165, 1.54) is 5.56 Å². The minimum Gasteiger partial charge on any atom is -0.193 e. The van der Waals surface area contributed by atoms with Crippen LogP contribution in [0.2, 0.25) is 0 Å². The summed E-state index contributed by atoms with van der Waals surface area (Å²) >= 11 is 0. The third-order valence-electron chi connectivity index (χ3n) is 1.60. The Bertz CT molecular complexity index is 342. The monoisotopic (exact) mass is 157 g/mol. The lowest BCUT2D eigenvalue weighted by atomic mass is 10.1. The predicted octanol–water partition coefficient (Wildman–Crippen LogP) is 2.92. The maximum atomic E-state index is 8.55. The summed E-state index contributed by atoms with van der Waals surface area (Å²) < 4.78 is 0. The van der Waals surface area contributed by atoms with Crippen LogP contribution >= 0.6 is 0 Å². The summed E-state index contributed by atoms with van der Waals surface area (Å²) in [7, 11) is 0. The van der Waals surface area contributed by atoms with E-state index in [0.29, 0.717) is 0 Å². The molecule has 1 heteroatoms. The van der Waals surface area contributed by atoms with E-state index < -0.39 is 0 Å². The van der Waals surface area contributed by atoms with Gasteiger partial charge in [0.25, 0.3) is 0 Å². The second kappa shape index (κ2) is 3.73. The highest BCUT2D eigenvalue weighted by Crippen LogP contribution is 2.08. The van der Waals surface area contributed by atoms with Gasteiger partial charge in [-0.1, -0.05) is 29.8 Å². The lowest BCUT2D eigenvalue weighted by molar-refractivity contribution is 1.43. The summed E-state index contributed by atoms with van der Waals surface area (Å²) in [6.07, 6.45) is 1.88. The summed E-state index contributed by atoms with van der Waals surface area (Å²) in [4.78, 5) is 0. The molecule has 0 aromatic heterocycles. The van der Waals surface area contributed by atoms with Gasteiger partial charge in [-0.15, -0.1) is 0 Å². The van der Waals surface area contributed by atoms with Gasteiger partial charge in [0.05, 0.1) is 6.07 Å². The van der Waals surface area contributed by atoms with Gasteiger partial charge in [0.2, 0.25) is 0 Å². The number of benzene rings is 1. The van der Waals surface area contributed by atoms with Crippen LogP contribution in [-0.4, -0.2) is 0 Å². The third kappa shape index (κ3) is 2.25. The van der Waals surface area contributed by atoms with Gasteiger partial charge < -0.3 is 0 Å². The highest BCUT2D eigenvalue weighted by atomic mass is 14.2. The Morgan fingerprint density at radius 3 is 2.83 bits per heavy atom. The Morgan fingerprint density at radius 2 is 2.25 bits per heavy atom. The Balaban J connectivity index is 2.99. The van der Waals surface area contributed by atoms with Gasteiger partial charge in [0.1, 0.15) is 0 Å². The van der Waals surface area contributed by atoms with Crippen LogP contribution in [-0.2, 0) is 0 Å². The lowest BCUT2D eigenvalue weighted by Gasteiger charge is -1.94. The van der Waals surface area contributed by atoms with Gasteiger partial charge in [-0.05, 0) is 25.5 Å². The van der Waals surface area contributed by atoms with Crippen molar-refractivity contribution in [3.05, 3.63) is 41.0 Å². The van der Waals surface area contributed by atoms with Gasteiger partial charge >= 0.3 is 0 Å². The number of rotatable bonds is 1. The van der Waals surface area contributed by atoms with E-state index in [1.54, 1.807) is 0 Å². The fourth-order valence-corrected chi connectivity index (χ4v) is 1.04. The molecule has 1 aromatic carbocycles. The molecule has 0 radical (unpaired) electrons. The summed E-state index contributed by atoms with van der Waals surface area (Å²) in [5.74, 6) is 0. The van der Waals surface area contributed by atoms with E-state index in [9.17, 15) is 0 Å². The van der Waals surface area contributed by atoms with Gasteiger partial charge in [0.15, 0.2) is 0 Å². The molecule has 0 fully saturated rings. The van der Waals surface area contributed by atoms with Crippen molar-refractivity contribution < 1.29 is 0 Å². The van der Waals surface area contributed by atoms with Crippen molar-refractivity contribution >= 4 is 6.08 Å². The zero-order chi connectivity index (χ0) is 8.97. The molecule has 60 valence electrons. The van der Waals surface area contributed by atoms with Gasteiger partial charge in [-0.3, -0.25) is 0 Å². The molecule has 0 bridgehead atoms. The topological polar surface area (TPSA) is 23.8 Å². The number of aryl methyl sites for hydroxylation is 1. The number of nitrogens with zero attached hydrogens (tertiary/aromatic N) is 1. The molecule has 0 saturated carbocycles. The largest absolute Gasteiger partial charge is 0.193 e. The van der Waals surface area contributed by atoms with Crippen LogP contribution < -0.4 is 0 Å². The average Bonchev–Trinajstić information content (AvgIpc) is 2.04. The van der Waals surface area contributed by atoms with Crippen molar-refractivity contribution in [2.75, 3.05) is 0 Å². The molecule has 0 amide bonds. The Labute approximate surface area is 73.0 Å². The normalized spacial score (nSPS) is 10.9. The first-order valence-electron chi connectivity index (χ1n) is 3.87. The zero-order valence-electron chi connectivity index (χ0n) is 7.33. The first kappa shape index (κ1) is 8.55. The summed E-state index contributed by atoms with van der Waals surface area (Å²) in [6, 6.07) is 10.2. The van der Waals surface area contributed by atoms with Crippen LogP contribution in [0.25, 0.3) is 6.08 Å². The molecular weight excluding hydrogens is 146 g/mol. The number of hydrogen-bond acceptors (Lipinski definition) is 1. The molecule has 0 saturated heterocycles. The molecule has 0 atom stereocenters. The minimum atomic E-state index is 0.737. The third-order valence-corrected chi connectivity index (χ3v) is 1.60. The Kier molecular flexibility index (Phi) is 2.66. The summed E-state index contributed by atoms with van der Waals surface area (Å²) in [5, 5.41) is 8.55. The second-order valence-electron chi connectivity index (χ2n) is 2.85. The van der Waals surface area contributed by atoms with Crippen LogP contribution in [0.3, 0.4) is 0 Å². The number of hydrogen-bond donors (Lipinski definition) is 0. The van der Waals surface area contributed by atoms with Crippen molar-refractivity contribution in [1.82, 2.24) is 0 Å². The molecule has 0 unspecified atom stereocenters. The fourth-order valence-electron chi connectivity index (χ4n) is 1.04. The molecule has 0 N–H and O–H groups in total. The standard InChI is InChI=1S/C11H11N/c1-9-4-3-5-11(6-9)7-10(2)8-12/h3-7H,1-2H3/b10-7+. The van der Waals surface area contributed by atoms with Crippen LogP contribution in [0.15, 0.2) is 29.8 Å². The van der Waals surface area contributed by atoms with Gasteiger partial charge in [-0.25, -0.2) is 0 Å². The van der Waals surface area contributed by atoms with Crippen LogP contribution in [0.1, 0.15) is 18.1 Å². The predicted molar refractivity (Wildman–Crippen MR) is 50.4 cm³/mol. The molecule has 0 aliphatic carbocycles. The van der Waals surface area contributed by atoms with Crippen molar-refractivity contribution in [2.24, 2.45) is 0 Å². The average molecular weight is 157 g/mol. The molecule has 1 aromatic rings. The highest BCUT2D eigenvalue weighted by Gasteiger charge is 1.89. The van der Waals surface area contributed by atoms with Crippen LogP contribution in [0.4, 0.5) is 0 Å². The summed E-state index contributed by atoms with van der Waals surface area (Å²) in [6.45, 7) is 3.85. The molecule has 12 heavy (non-hydrogen) atoms. The van der Waals surface area contributed by atoms with E-state index in [2.05, 4.69) is 12.1 Å². The molecular formula is C11H11N. The van der Waals surface area contributed by atoms with E-state index in [4.69, 9.17) is 5.26 Å². The maximum Gasteiger partial charge on any atom is 0.0944 e. The van der Waals surface area contributed by atoms with Crippen LogP contribution in [0.5, 0.6) is 0 Å². The van der Waals surface area contributed by atoms with E-state index in [0.717, 1.165) is 11.1 Å². The Hall–Kier alpha value is -1.55.